The van der Waals surface area contributed by atoms with E-state index in [-0.39, 0.29) is 0 Å². The van der Waals surface area contributed by atoms with E-state index in [2.05, 4.69) is 16.6 Å². The van der Waals surface area contributed by atoms with Gasteiger partial charge < -0.3 is 0 Å². The molecule has 1 aromatic carbocycles. The van der Waals surface area contributed by atoms with Crippen LogP contribution in [0.3, 0.4) is 0 Å². The number of hydrogen-bond donors (Lipinski definition) is 0. The number of nitriles is 1. The van der Waals surface area contributed by atoms with Crippen molar-refractivity contribution < 1.29 is 0 Å². The first-order chi connectivity index (χ1) is 6.81. The lowest BCUT2D eigenvalue weighted by Crippen LogP contribution is -1.80. The quantitative estimate of drug-likeness (QED) is 0.708. The Morgan fingerprint density at radius 2 is 2.07 bits per heavy atom. The Balaban J connectivity index is 2.45. The SMILES string of the molecule is Cc1s[c]nc1-c1ccc(C#N)cc1. The van der Waals surface area contributed by atoms with Gasteiger partial charge in [-0.15, -0.1) is 11.3 Å². The van der Waals surface area contributed by atoms with Gasteiger partial charge in [-0.1, -0.05) is 12.1 Å². The summed E-state index contributed by atoms with van der Waals surface area (Å²) >= 11 is 1.51. The topological polar surface area (TPSA) is 36.7 Å². The number of aromatic nitrogens is 1. The Bertz CT molecular complexity index is 477. The Morgan fingerprint density at radius 3 is 2.57 bits per heavy atom. The third-order valence-corrected chi connectivity index (χ3v) is 2.66. The fourth-order valence-corrected chi connectivity index (χ4v) is 1.77. The van der Waals surface area contributed by atoms with Gasteiger partial charge in [-0.05, 0) is 19.1 Å². The summed E-state index contributed by atoms with van der Waals surface area (Å²) in [5, 5.41) is 8.64. The van der Waals surface area contributed by atoms with E-state index < -0.39 is 0 Å². The van der Waals surface area contributed by atoms with Gasteiger partial charge in [0.25, 0.3) is 0 Å². The van der Waals surface area contributed by atoms with Crippen LogP contribution in [0.25, 0.3) is 11.3 Å². The molecule has 1 radical (unpaired) electrons. The predicted molar refractivity (Wildman–Crippen MR) is 55.8 cm³/mol. The fourth-order valence-electron chi connectivity index (χ4n) is 1.23. The molecule has 1 aromatic heterocycles. The normalized spacial score (nSPS) is 9.71. The molecule has 0 aliphatic rings. The van der Waals surface area contributed by atoms with Crippen molar-refractivity contribution in [2.75, 3.05) is 0 Å². The Morgan fingerprint density at radius 1 is 1.36 bits per heavy atom. The van der Waals surface area contributed by atoms with E-state index in [1.807, 2.05) is 19.1 Å². The van der Waals surface area contributed by atoms with Crippen LogP contribution in [-0.2, 0) is 0 Å². The van der Waals surface area contributed by atoms with Crippen molar-refractivity contribution in [3.8, 4) is 17.3 Å². The van der Waals surface area contributed by atoms with Crippen molar-refractivity contribution in [1.82, 2.24) is 4.98 Å². The van der Waals surface area contributed by atoms with Crippen LogP contribution in [0.1, 0.15) is 10.4 Å². The van der Waals surface area contributed by atoms with Crippen molar-refractivity contribution in [2.24, 2.45) is 0 Å². The summed E-state index contributed by atoms with van der Waals surface area (Å²) in [5.41, 5.74) is 5.52. The molecule has 0 spiro atoms. The van der Waals surface area contributed by atoms with Crippen molar-refractivity contribution in [2.45, 2.75) is 6.92 Å². The number of rotatable bonds is 1. The molecule has 0 atom stereocenters. The van der Waals surface area contributed by atoms with E-state index in [1.165, 1.54) is 11.3 Å². The Kier molecular flexibility index (Phi) is 2.30. The summed E-state index contributed by atoms with van der Waals surface area (Å²) in [6, 6.07) is 9.51. The molecular formula is C11H7N2S. The molecule has 2 aromatic rings. The van der Waals surface area contributed by atoms with Crippen LogP contribution in [0.15, 0.2) is 24.3 Å². The zero-order chi connectivity index (χ0) is 9.97. The Labute approximate surface area is 86.5 Å². The van der Waals surface area contributed by atoms with E-state index in [0.717, 1.165) is 16.1 Å². The fraction of sp³-hybridized carbons (Fsp3) is 0.0909. The summed E-state index contributed by atoms with van der Waals surface area (Å²) in [5.74, 6) is 0. The molecule has 0 fully saturated rings. The highest BCUT2D eigenvalue weighted by Gasteiger charge is 2.04. The third kappa shape index (κ3) is 1.52. The van der Waals surface area contributed by atoms with Crippen molar-refractivity contribution >= 4 is 11.3 Å². The second-order valence-corrected chi connectivity index (χ2v) is 3.90. The number of hydrogen-bond acceptors (Lipinski definition) is 3. The van der Waals surface area contributed by atoms with Crippen LogP contribution >= 0.6 is 11.3 Å². The number of benzene rings is 1. The predicted octanol–water partition coefficient (Wildman–Crippen LogP) is 2.79. The zero-order valence-corrected chi connectivity index (χ0v) is 8.43. The summed E-state index contributed by atoms with van der Waals surface area (Å²) in [6.07, 6.45) is 0. The molecule has 0 bridgehead atoms. The first-order valence-electron chi connectivity index (χ1n) is 4.15. The number of thiazole rings is 1. The van der Waals surface area contributed by atoms with Crippen LogP contribution in [0, 0.1) is 23.8 Å². The molecule has 0 aliphatic heterocycles. The van der Waals surface area contributed by atoms with E-state index >= 15 is 0 Å². The zero-order valence-electron chi connectivity index (χ0n) is 7.61. The summed E-state index contributed by atoms with van der Waals surface area (Å²) in [7, 11) is 0. The van der Waals surface area contributed by atoms with Gasteiger partial charge in [0.1, 0.15) is 0 Å². The van der Waals surface area contributed by atoms with Crippen molar-refractivity contribution in [3.63, 3.8) is 0 Å². The molecule has 2 rings (SSSR count). The highest BCUT2D eigenvalue weighted by atomic mass is 32.1. The van der Waals surface area contributed by atoms with E-state index in [4.69, 9.17) is 5.26 Å². The van der Waals surface area contributed by atoms with Crippen LogP contribution in [0.5, 0.6) is 0 Å². The van der Waals surface area contributed by atoms with E-state index in [0.29, 0.717) is 5.56 Å². The van der Waals surface area contributed by atoms with Crippen molar-refractivity contribution in [1.29, 1.82) is 5.26 Å². The Hall–Kier alpha value is -1.66. The van der Waals surface area contributed by atoms with Gasteiger partial charge in [0.05, 0.1) is 17.3 Å². The molecule has 67 valence electrons. The third-order valence-electron chi connectivity index (χ3n) is 1.98. The smallest absolute Gasteiger partial charge is 0.153 e. The lowest BCUT2D eigenvalue weighted by molar-refractivity contribution is 1.36. The largest absolute Gasteiger partial charge is 0.233 e. The molecule has 2 nitrogen and oxygen atoms in total. The second-order valence-electron chi connectivity index (χ2n) is 2.90. The monoisotopic (exact) mass is 199 g/mol. The van der Waals surface area contributed by atoms with Crippen LogP contribution < -0.4 is 0 Å². The molecule has 3 heteroatoms. The minimum atomic E-state index is 0.672. The second kappa shape index (κ2) is 3.60. The van der Waals surface area contributed by atoms with Gasteiger partial charge in [-0.25, -0.2) is 4.98 Å². The molecule has 0 aliphatic carbocycles. The standard InChI is InChI=1S/C11H7N2S/c1-8-11(13-7-14-8)10-4-2-9(6-12)3-5-10/h2-5H,1H3. The molecule has 0 saturated carbocycles. The van der Waals surface area contributed by atoms with Gasteiger partial charge in [-0.3, -0.25) is 0 Å². The van der Waals surface area contributed by atoms with Crippen LogP contribution in [0.2, 0.25) is 0 Å². The van der Waals surface area contributed by atoms with E-state index in [9.17, 15) is 0 Å². The molecule has 0 N–H and O–H groups in total. The number of nitrogens with zero attached hydrogens (tertiary/aromatic N) is 2. The maximum absolute atomic E-state index is 8.64. The van der Waals surface area contributed by atoms with Gasteiger partial charge in [0.15, 0.2) is 5.51 Å². The van der Waals surface area contributed by atoms with Crippen molar-refractivity contribution in [3.05, 3.63) is 40.2 Å². The first-order valence-corrected chi connectivity index (χ1v) is 4.97. The average molecular weight is 199 g/mol. The number of aryl methyl sites for hydroxylation is 1. The van der Waals surface area contributed by atoms with E-state index in [1.54, 1.807) is 12.1 Å². The van der Waals surface area contributed by atoms with Gasteiger partial charge in [0.2, 0.25) is 0 Å². The molecule has 0 saturated heterocycles. The molecule has 0 unspecified atom stereocenters. The van der Waals surface area contributed by atoms with Gasteiger partial charge >= 0.3 is 0 Å². The highest BCUT2D eigenvalue weighted by Crippen LogP contribution is 2.23. The first kappa shape index (κ1) is 8.92. The minimum absolute atomic E-state index is 0.672. The summed E-state index contributed by atoms with van der Waals surface area (Å²) in [4.78, 5) is 5.30. The molecule has 14 heavy (non-hydrogen) atoms. The highest BCUT2D eigenvalue weighted by molar-refractivity contribution is 7.09. The van der Waals surface area contributed by atoms with Gasteiger partial charge in [0, 0.05) is 10.4 Å². The van der Waals surface area contributed by atoms with Crippen LogP contribution in [0.4, 0.5) is 0 Å². The minimum Gasteiger partial charge on any atom is -0.233 e. The lowest BCUT2D eigenvalue weighted by Gasteiger charge is -1.97. The van der Waals surface area contributed by atoms with Crippen LogP contribution in [-0.4, -0.2) is 4.98 Å². The molecule has 1 heterocycles. The lowest BCUT2D eigenvalue weighted by atomic mass is 10.1. The molecular weight excluding hydrogens is 192 g/mol. The summed E-state index contributed by atoms with van der Waals surface area (Å²) in [6.45, 7) is 2.02. The average Bonchev–Trinajstić information content (AvgIpc) is 2.65. The maximum Gasteiger partial charge on any atom is 0.153 e. The van der Waals surface area contributed by atoms with Gasteiger partial charge in [-0.2, -0.15) is 5.26 Å². The summed E-state index contributed by atoms with van der Waals surface area (Å²) < 4.78 is 0. The maximum atomic E-state index is 8.64. The molecule has 0 amide bonds.